The Morgan fingerprint density at radius 3 is 2.71 bits per heavy atom. The Labute approximate surface area is 146 Å². The van der Waals surface area contributed by atoms with Gasteiger partial charge in [-0.05, 0) is 38.5 Å². The van der Waals surface area contributed by atoms with E-state index in [-0.39, 0.29) is 24.0 Å². The van der Waals surface area contributed by atoms with Gasteiger partial charge < -0.3 is 19.7 Å². The molecule has 1 N–H and O–H groups in total. The molecule has 0 radical (unpaired) electrons. The topological polar surface area (TPSA) is 46.1 Å². The number of halogens is 1. The minimum absolute atomic E-state index is 0. The molecule has 0 bridgehead atoms. The van der Waals surface area contributed by atoms with Gasteiger partial charge in [-0.2, -0.15) is 0 Å². The van der Waals surface area contributed by atoms with Crippen molar-refractivity contribution in [3.8, 4) is 0 Å². The molecule has 21 heavy (non-hydrogen) atoms. The molecule has 1 saturated heterocycles. The van der Waals surface area contributed by atoms with E-state index in [4.69, 9.17) is 9.47 Å². The molecule has 1 aliphatic heterocycles. The van der Waals surface area contributed by atoms with E-state index in [1.54, 1.807) is 0 Å². The molecular formula is C15H32IN3O2. The second kappa shape index (κ2) is 13.6. The molecule has 0 aromatic carbocycles. The van der Waals surface area contributed by atoms with E-state index in [0.717, 1.165) is 57.8 Å². The van der Waals surface area contributed by atoms with Crippen LogP contribution in [-0.4, -0.2) is 64.5 Å². The van der Waals surface area contributed by atoms with Crippen molar-refractivity contribution >= 4 is 29.9 Å². The third kappa shape index (κ3) is 9.52. The van der Waals surface area contributed by atoms with Crippen LogP contribution in [0.1, 0.15) is 32.6 Å². The highest BCUT2D eigenvalue weighted by Gasteiger charge is 2.15. The van der Waals surface area contributed by atoms with Crippen molar-refractivity contribution in [2.75, 3.05) is 53.6 Å². The maximum Gasteiger partial charge on any atom is 0.193 e. The first-order valence-corrected chi connectivity index (χ1v) is 7.85. The van der Waals surface area contributed by atoms with Gasteiger partial charge in [0.2, 0.25) is 0 Å². The summed E-state index contributed by atoms with van der Waals surface area (Å²) in [6, 6.07) is 0. The quantitative estimate of drug-likeness (QED) is 0.287. The Morgan fingerprint density at radius 2 is 2.10 bits per heavy atom. The van der Waals surface area contributed by atoms with Crippen molar-refractivity contribution in [1.82, 2.24) is 10.2 Å². The zero-order valence-electron chi connectivity index (χ0n) is 13.8. The van der Waals surface area contributed by atoms with Crippen molar-refractivity contribution in [2.45, 2.75) is 32.6 Å². The normalized spacial score (nSPS) is 16.4. The molecule has 6 heteroatoms. The molecule has 0 unspecified atom stereocenters. The number of aliphatic imine (C=N–C) groups is 1. The SMILES string of the molecule is CCOCCCNC(=NC)N(C)CCC1CCOCC1.I. The van der Waals surface area contributed by atoms with Crippen molar-refractivity contribution in [3.63, 3.8) is 0 Å². The molecule has 1 aliphatic rings. The predicted octanol–water partition coefficient (Wildman–Crippen LogP) is 2.35. The van der Waals surface area contributed by atoms with Gasteiger partial charge in [0, 0.05) is 53.6 Å². The van der Waals surface area contributed by atoms with E-state index in [9.17, 15) is 0 Å². The minimum atomic E-state index is 0. The average molecular weight is 413 g/mol. The van der Waals surface area contributed by atoms with Crippen molar-refractivity contribution in [3.05, 3.63) is 0 Å². The molecule has 1 fully saturated rings. The monoisotopic (exact) mass is 413 g/mol. The van der Waals surface area contributed by atoms with Gasteiger partial charge in [-0.25, -0.2) is 0 Å². The fourth-order valence-electron chi connectivity index (χ4n) is 2.42. The van der Waals surface area contributed by atoms with E-state index in [2.05, 4.69) is 22.3 Å². The number of nitrogens with one attached hydrogen (secondary N) is 1. The van der Waals surface area contributed by atoms with Crippen LogP contribution in [0, 0.1) is 5.92 Å². The summed E-state index contributed by atoms with van der Waals surface area (Å²) in [6.45, 7) is 7.45. The lowest BCUT2D eigenvalue weighted by molar-refractivity contribution is 0.0625. The molecule has 0 spiro atoms. The highest BCUT2D eigenvalue weighted by atomic mass is 127. The zero-order chi connectivity index (χ0) is 14.6. The maximum atomic E-state index is 5.40. The molecule has 0 amide bonds. The van der Waals surface area contributed by atoms with Crippen molar-refractivity contribution in [2.24, 2.45) is 10.9 Å². The van der Waals surface area contributed by atoms with Gasteiger partial charge in [0.15, 0.2) is 5.96 Å². The van der Waals surface area contributed by atoms with Crippen LogP contribution in [0.5, 0.6) is 0 Å². The van der Waals surface area contributed by atoms with Crippen LogP contribution in [0.2, 0.25) is 0 Å². The molecule has 0 aliphatic carbocycles. The van der Waals surface area contributed by atoms with Crippen LogP contribution >= 0.6 is 24.0 Å². The standard InChI is InChI=1S/C15H31N3O2.HI/c1-4-19-11-5-9-17-15(16-2)18(3)10-6-14-7-12-20-13-8-14;/h14H,4-13H2,1-3H3,(H,16,17);1H. The second-order valence-corrected chi connectivity index (χ2v) is 5.29. The number of ether oxygens (including phenoxy) is 2. The Balaban J connectivity index is 0.00000400. The second-order valence-electron chi connectivity index (χ2n) is 5.29. The maximum absolute atomic E-state index is 5.40. The Morgan fingerprint density at radius 1 is 1.38 bits per heavy atom. The van der Waals surface area contributed by atoms with E-state index < -0.39 is 0 Å². The van der Waals surface area contributed by atoms with Gasteiger partial charge >= 0.3 is 0 Å². The highest BCUT2D eigenvalue weighted by molar-refractivity contribution is 14.0. The number of hydrogen-bond donors (Lipinski definition) is 1. The first kappa shape index (κ1) is 20.9. The third-order valence-corrected chi connectivity index (χ3v) is 3.74. The van der Waals surface area contributed by atoms with E-state index in [1.165, 1.54) is 19.3 Å². The number of nitrogens with zero attached hydrogens (tertiary/aromatic N) is 2. The summed E-state index contributed by atoms with van der Waals surface area (Å²) in [5, 5.41) is 3.39. The van der Waals surface area contributed by atoms with Crippen LogP contribution in [0.15, 0.2) is 4.99 Å². The van der Waals surface area contributed by atoms with Gasteiger partial charge in [-0.3, -0.25) is 4.99 Å². The van der Waals surface area contributed by atoms with Crippen LogP contribution in [0.4, 0.5) is 0 Å². The number of guanidine groups is 1. The molecule has 1 rings (SSSR count). The van der Waals surface area contributed by atoms with E-state index in [1.807, 2.05) is 14.0 Å². The van der Waals surface area contributed by atoms with E-state index >= 15 is 0 Å². The lowest BCUT2D eigenvalue weighted by Gasteiger charge is -2.26. The summed E-state index contributed by atoms with van der Waals surface area (Å²) in [5.41, 5.74) is 0. The summed E-state index contributed by atoms with van der Waals surface area (Å²) in [6.07, 6.45) is 4.64. The third-order valence-electron chi connectivity index (χ3n) is 3.74. The zero-order valence-corrected chi connectivity index (χ0v) is 16.1. The average Bonchev–Trinajstić information content (AvgIpc) is 2.49. The Hall–Kier alpha value is -0.0800. The fraction of sp³-hybridized carbons (Fsp3) is 0.933. The number of rotatable bonds is 8. The first-order chi connectivity index (χ1) is 9.77. The van der Waals surface area contributed by atoms with Gasteiger partial charge in [0.05, 0.1) is 0 Å². The highest BCUT2D eigenvalue weighted by Crippen LogP contribution is 2.18. The molecule has 0 atom stereocenters. The molecule has 1 heterocycles. The summed E-state index contributed by atoms with van der Waals surface area (Å²) in [4.78, 5) is 6.55. The summed E-state index contributed by atoms with van der Waals surface area (Å²) < 4.78 is 10.7. The van der Waals surface area contributed by atoms with Gasteiger partial charge in [0.25, 0.3) is 0 Å². The van der Waals surface area contributed by atoms with Crippen LogP contribution in [-0.2, 0) is 9.47 Å². The molecule has 5 nitrogen and oxygen atoms in total. The van der Waals surface area contributed by atoms with Crippen molar-refractivity contribution < 1.29 is 9.47 Å². The fourth-order valence-corrected chi connectivity index (χ4v) is 2.42. The summed E-state index contributed by atoms with van der Waals surface area (Å²) >= 11 is 0. The summed E-state index contributed by atoms with van der Waals surface area (Å²) in [7, 11) is 3.95. The number of hydrogen-bond acceptors (Lipinski definition) is 3. The van der Waals surface area contributed by atoms with Crippen LogP contribution in [0.3, 0.4) is 0 Å². The Bertz CT molecular complexity index is 272. The molecular weight excluding hydrogens is 381 g/mol. The van der Waals surface area contributed by atoms with Gasteiger partial charge in [-0.15, -0.1) is 24.0 Å². The smallest absolute Gasteiger partial charge is 0.193 e. The molecule has 0 aromatic rings. The lowest BCUT2D eigenvalue weighted by atomic mass is 9.96. The largest absolute Gasteiger partial charge is 0.382 e. The minimum Gasteiger partial charge on any atom is -0.382 e. The first-order valence-electron chi connectivity index (χ1n) is 7.85. The molecule has 0 saturated carbocycles. The van der Waals surface area contributed by atoms with Gasteiger partial charge in [-0.1, -0.05) is 0 Å². The van der Waals surface area contributed by atoms with Crippen LogP contribution in [0.25, 0.3) is 0 Å². The van der Waals surface area contributed by atoms with Crippen LogP contribution < -0.4 is 5.32 Å². The molecule has 0 aromatic heterocycles. The predicted molar refractivity (Wildman–Crippen MR) is 98.7 cm³/mol. The molecule has 126 valence electrons. The lowest BCUT2D eigenvalue weighted by Crippen LogP contribution is -2.40. The van der Waals surface area contributed by atoms with Gasteiger partial charge in [0.1, 0.15) is 0 Å². The van der Waals surface area contributed by atoms with Crippen molar-refractivity contribution in [1.29, 1.82) is 0 Å². The Kier molecular flexibility index (Phi) is 13.5. The van der Waals surface area contributed by atoms with E-state index in [0.29, 0.717) is 0 Å². The summed E-state index contributed by atoms with van der Waals surface area (Å²) in [5.74, 6) is 1.79.